The molecule has 2 aromatic carbocycles. The Morgan fingerprint density at radius 3 is 2.56 bits per heavy atom. The lowest BCUT2D eigenvalue weighted by atomic mass is 10.3. The second kappa shape index (κ2) is 8.05. The van der Waals surface area contributed by atoms with Crippen LogP contribution in [0.4, 0.5) is 11.5 Å². The van der Waals surface area contributed by atoms with Crippen LogP contribution in [-0.4, -0.2) is 34.8 Å². The molecule has 3 heterocycles. The molecule has 0 bridgehead atoms. The van der Waals surface area contributed by atoms with Crippen LogP contribution in [0.1, 0.15) is 6.92 Å². The number of thiophene rings is 1. The minimum Gasteiger partial charge on any atom is -0.494 e. The Balaban J connectivity index is 1.63. The van der Waals surface area contributed by atoms with Gasteiger partial charge < -0.3 is 10.1 Å². The fraction of sp³-hybridized carbons (Fsp3) is 0.0952. The highest BCUT2D eigenvalue weighted by Crippen LogP contribution is 2.33. The van der Waals surface area contributed by atoms with Crippen molar-refractivity contribution in [2.24, 2.45) is 0 Å². The van der Waals surface area contributed by atoms with Crippen molar-refractivity contribution in [3.63, 3.8) is 0 Å². The first kappa shape index (κ1) is 20.7. The van der Waals surface area contributed by atoms with Crippen LogP contribution in [0, 0.1) is 0 Å². The maximum atomic E-state index is 13.2. The average Bonchev–Trinajstić information content (AvgIpc) is 3.43. The molecule has 5 aromatic rings. The lowest BCUT2D eigenvalue weighted by molar-refractivity contribution is 0.340. The summed E-state index contributed by atoms with van der Waals surface area (Å²) in [5, 5.41) is 13.4. The molecule has 0 saturated heterocycles. The zero-order valence-electron chi connectivity index (χ0n) is 16.7. The average molecular weight is 486 g/mol. The van der Waals surface area contributed by atoms with E-state index in [0.29, 0.717) is 23.0 Å². The number of benzene rings is 2. The van der Waals surface area contributed by atoms with Gasteiger partial charge in [-0.05, 0) is 66.9 Å². The summed E-state index contributed by atoms with van der Waals surface area (Å²) in [7, 11) is -3.95. The Kier molecular flexibility index (Phi) is 5.20. The Bertz CT molecular complexity index is 1530. The number of ether oxygens (including phenoxy) is 1. The second-order valence-corrected chi connectivity index (χ2v) is 9.98. The van der Waals surface area contributed by atoms with Crippen LogP contribution in [0.25, 0.3) is 15.9 Å². The molecule has 0 aliphatic heterocycles. The maximum absolute atomic E-state index is 13.2. The molecular formula is C21H16ClN5O3S2. The van der Waals surface area contributed by atoms with E-state index in [-0.39, 0.29) is 15.6 Å². The number of halogens is 1. The van der Waals surface area contributed by atoms with Crippen molar-refractivity contribution < 1.29 is 13.2 Å². The number of hydrogen-bond acceptors (Lipinski definition) is 8. The summed E-state index contributed by atoms with van der Waals surface area (Å²) in [5.41, 5.74) is 1.63. The van der Waals surface area contributed by atoms with Gasteiger partial charge in [-0.2, -0.15) is 4.52 Å². The van der Waals surface area contributed by atoms with Gasteiger partial charge in [0.1, 0.15) is 5.75 Å². The Morgan fingerprint density at radius 2 is 1.84 bits per heavy atom. The van der Waals surface area contributed by atoms with E-state index in [4.69, 9.17) is 16.3 Å². The molecule has 5 rings (SSSR count). The van der Waals surface area contributed by atoms with Crippen molar-refractivity contribution in [1.82, 2.24) is 19.8 Å². The van der Waals surface area contributed by atoms with Gasteiger partial charge in [-0.1, -0.05) is 16.8 Å². The predicted octanol–water partition coefficient (Wildman–Crippen LogP) is 4.97. The number of sulfone groups is 1. The van der Waals surface area contributed by atoms with Gasteiger partial charge in [0.25, 0.3) is 0 Å². The first-order valence-electron chi connectivity index (χ1n) is 9.60. The van der Waals surface area contributed by atoms with Gasteiger partial charge in [-0.3, -0.25) is 0 Å². The van der Waals surface area contributed by atoms with E-state index in [1.807, 2.05) is 42.6 Å². The zero-order chi connectivity index (χ0) is 22.3. The van der Waals surface area contributed by atoms with E-state index in [0.717, 1.165) is 16.1 Å². The first-order chi connectivity index (χ1) is 15.5. The van der Waals surface area contributed by atoms with E-state index >= 15 is 0 Å². The van der Waals surface area contributed by atoms with Gasteiger partial charge in [0, 0.05) is 10.7 Å². The minimum atomic E-state index is -3.95. The number of anilines is 2. The van der Waals surface area contributed by atoms with E-state index in [1.54, 1.807) is 0 Å². The second-order valence-electron chi connectivity index (χ2n) is 6.77. The van der Waals surface area contributed by atoms with Crippen LogP contribution >= 0.6 is 22.9 Å². The summed E-state index contributed by atoms with van der Waals surface area (Å²) in [4.78, 5) is 4.67. The van der Waals surface area contributed by atoms with Crippen LogP contribution in [0.2, 0.25) is 5.02 Å². The molecule has 0 spiro atoms. The number of hydrogen-bond donors (Lipinski definition) is 1. The zero-order valence-corrected chi connectivity index (χ0v) is 19.1. The lowest BCUT2D eigenvalue weighted by Crippen LogP contribution is -2.05. The highest BCUT2D eigenvalue weighted by molar-refractivity contribution is 7.91. The standard InChI is InChI=1S/C21H16ClN5O3S2/c1-2-30-15-7-5-14(6-8-15)23-19-18-17(11-12-31-18)27-20(24-19)21(25-26-27)32(28,29)16-9-3-13(22)4-10-16/h3-12H,2H2,1H3,(H,23,24). The highest BCUT2D eigenvalue weighted by Gasteiger charge is 2.27. The molecule has 0 atom stereocenters. The Morgan fingerprint density at radius 1 is 1.09 bits per heavy atom. The van der Waals surface area contributed by atoms with Gasteiger partial charge in [-0.15, -0.1) is 16.4 Å². The summed E-state index contributed by atoms with van der Waals surface area (Å²) < 4.78 is 34.2. The number of rotatable bonds is 6. The smallest absolute Gasteiger partial charge is 0.229 e. The van der Waals surface area contributed by atoms with Crippen LogP contribution in [0.15, 0.2) is 69.9 Å². The lowest BCUT2D eigenvalue weighted by Gasteiger charge is -2.09. The molecule has 3 aromatic heterocycles. The van der Waals surface area contributed by atoms with Crippen molar-refractivity contribution in [3.8, 4) is 5.75 Å². The number of nitrogens with one attached hydrogen (secondary N) is 1. The molecule has 0 amide bonds. The summed E-state index contributed by atoms with van der Waals surface area (Å²) in [5.74, 6) is 1.28. The van der Waals surface area contributed by atoms with Gasteiger partial charge in [0.2, 0.25) is 14.9 Å². The molecule has 8 nitrogen and oxygen atoms in total. The van der Waals surface area contributed by atoms with E-state index in [9.17, 15) is 8.42 Å². The molecule has 162 valence electrons. The number of nitrogens with zero attached hydrogens (tertiary/aromatic N) is 4. The van der Waals surface area contributed by atoms with Crippen LogP contribution < -0.4 is 10.1 Å². The largest absolute Gasteiger partial charge is 0.494 e. The van der Waals surface area contributed by atoms with E-state index < -0.39 is 9.84 Å². The van der Waals surface area contributed by atoms with Gasteiger partial charge >= 0.3 is 0 Å². The third kappa shape index (κ3) is 3.56. The molecule has 0 unspecified atom stereocenters. The Hall–Kier alpha value is -3.21. The van der Waals surface area contributed by atoms with Gasteiger partial charge in [0.05, 0.1) is 21.7 Å². The fourth-order valence-corrected chi connectivity index (χ4v) is 5.42. The van der Waals surface area contributed by atoms with Gasteiger partial charge in [0.15, 0.2) is 11.5 Å². The fourth-order valence-electron chi connectivity index (χ4n) is 3.25. The summed E-state index contributed by atoms with van der Waals surface area (Å²) in [6.07, 6.45) is 0. The maximum Gasteiger partial charge on any atom is 0.229 e. The first-order valence-corrected chi connectivity index (χ1v) is 12.3. The molecule has 0 radical (unpaired) electrons. The summed E-state index contributed by atoms with van der Waals surface area (Å²) in [6, 6.07) is 15.2. The van der Waals surface area contributed by atoms with E-state index in [2.05, 4.69) is 20.6 Å². The minimum absolute atomic E-state index is 0.0672. The van der Waals surface area contributed by atoms with Crippen molar-refractivity contribution in [1.29, 1.82) is 0 Å². The third-order valence-corrected chi connectivity index (χ3v) is 7.56. The molecule has 1 N–H and O–H groups in total. The molecule has 32 heavy (non-hydrogen) atoms. The van der Waals surface area contributed by atoms with Crippen LogP contribution in [-0.2, 0) is 9.84 Å². The summed E-state index contributed by atoms with van der Waals surface area (Å²) in [6.45, 7) is 2.51. The molecule has 0 aliphatic carbocycles. The predicted molar refractivity (Wildman–Crippen MR) is 124 cm³/mol. The number of aromatic nitrogens is 4. The highest BCUT2D eigenvalue weighted by atomic mass is 35.5. The Labute approximate surface area is 192 Å². The quantitative estimate of drug-likeness (QED) is 0.362. The third-order valence-electron chi connectivity index (χ3n) is 4.73. The van der Waals surface area contributed by atoms with Crippen LogP contribution in [0.5, 0.6) is 5.75 Å². The molecule has 11 heteroatoms. The number of fused-ring (bicyclic) bond motifs is 3. The molecule has 0 fully saturated rings. The van der Waals surface area contributed by atoms with Gasteiger partial charge in [-0.25, -0.2) is 13.4 Å². The van der Waals surface area contributed by atoms with Crippen molar-refractivity contribution in [2.75, 3.05) is 11.9 Å². The van der Waals surface area contributed by atoms with E-state index in [1.165, 1.54) is 40.1 Å². The van der Waals surface area contributed by atoms with Crippen molar-refractivity contribution in [2.45, 2.75) is 16.8 Å². The molecular weight excluding hydrogens is 470 g/mol. The topological polar surface area (TPSA) is 98.5 Å². The molecule has 0 aliphatic rings. The normalized spacial score (nSPS) is 11.8. The summed E-state index contributed by atoms with van der Waals surface area (Å²) >= 11 is 7.38. The van der Waals surface area contributed by atoms with Crippen molar-refractivity contribution in [3.05, 3.63) is 65.0 Å². The molecule has 0 saturated carbocycles. The van der Waals surface area contributed by atoms with Crippen LogP contribution in [0.3, 0.4) is 0 Å². The van der Waals surface area contributed by atoms with Crippen molar-refractivity contribution >= 4 is 60.1 Å². The monoisotopic (exact) mass is 485 g/mol. The SMILES string of the molecule is CCOc1ccc(Nc2nc3c(S(=O)(=O)c4ccc(Cl)cc4)nnn3c3ccsc23)cc1.